The predicted octanol–water partition coefficient (Wildman–Crippen LogP) is 2.83. The first-order chi connectivity index (χ1) is 15.6. The van der Waals surface area contributed by atoms with Gasteiger partial charge in [0, 0.05) is 17.1 Å². The fraction of sp³-hybridized carbons (Fsp3) is 0.304. The SMILES string of the molecule is Cc1ccc(C(Nc2c(Nc3ccc(Cl)c4c3C(=O)N(CC(N)=O)C4)c(=O)c2=O)C(C)C)o1. The lowest BCUT2D eigenvalue weighted by Gasteiger charge is -2.24. The number of halogens is 1. The molecule has 0 fully saturated rings. The van der Waals surface area contributed by atoms with Crippen LogP contribution in [0.15, 0.2) is 38.3 Å². The number of amides is 2. The molecule has 0 aliphatic carbocycles. The molecule has 0 radical (unpaired) electrons. The molecule has 0 saturated heterocycles. The Kier molecular flexibility index (Phi) is 5.75. The van der Waals surface area contributed by atoms with Gasteiger partial charge in [0.1, 0.15) is 22.9 Å². The van der Waals surface area contributed by atoms with Crippen molar-refractivity contribution in [1.29, 1.82) is 0 Å². The summed E-state index contributed by atoms with van der Waals surface area (Å²) < 4.78 is 5.72. The molecule has 1 aliphatic rings. The summed E-state index contributed by atoms with van der Waals surface area (Å²) in [4.78, 5) is 50.3. The van der Waals surface area contributed by atoms with Gasteiger partial charge in [0.25, 0.3) is 16.8 Å². The average Bonchev–Trinajstić information content (AvgIpc) is 3.32. The number of nitrogens with one attached hydrogen (secondary N) is 2. The van der Waals surface area contributed by atoms with Gasteiger partial charge in [-0.2, -0.15) is 0 Å². The number of rotatable bonds is 8. The minimum Gasteiger partial charge on any atom is -0.464 e. The molecule has 172 valence electrons. The maximum Gasteiger partial charge on any atom is 0.257 e. The molecule has 3 aromatic rings. The molecule has 1 aromatic heterocycles. The fourth-order valence-electron chi connectivity index (χ4n) is 3.99. The van der Waals surface area contributed by atoms with Crippen LogP contribution < -0.4 is 27.2 Å². The molecule has 4 rings (SSSR count). The highest BCUT2D eigenvalue weighted by molar-refractivity contribution is 6.32. The van der Waals surface area contributed by atoms with Crippen LogP contribution in [0, 0.1) is 12.8 Å². The normalized spacial score (nSPS) is 14.1. The molecular formula is C23H23ClN4O5. The summed E-state index contributed by atoms with van der Waals surface area (Å²) in [6, 6.07) is 6.46. The molecule has 9 nitrogen and oxygen atoms in total. The monoisotopic (exact) mass is 470 g/mol. The van der Waals surface area contributed by atoms with Gasteiger partial charge in [-0.25, -0.2) is 0 Å². The Morgan fingerprint density at radius 2 is 1.85 bits per heavy atom. The molecule has 1 unspecified atom stereocenters. The van der Waals surface area contributed by atoms with Crippen molar-refractivity contribution in [2.24, 2.45) is 11.7 Å². The number of hydrogen-bond donors (Lipinski definition) is 3. The van der Waals surface area contributed by atoms with Crippen molar-refractivity contribution in [3.05, 3.63) is 72.4 Å². The van der Waals surface area contributed by atoms with E-state index < -0.39 is 22.7 Å². The van der Waals surface area contributed by atoms with Crippen LogP contribution in [0.3, 0.4) is 0 Å². The average molecular weight is 471 g/mol. The smallest absolute Gasteiger partial charge is 0.257 e. The Bertz CT molecular complexity index is 1340. The maximum absolute atomic E-state index is 12.9. The van der Waals surface area contributed by atoms with Crippen LogP contribution in [-0.2, 0) is 11.3 Å². The summed E-state index contributed by atoms with van der Waals surface area (Å²) in [6.07, 6.45) is 0. The number of aryl methyl sites for hydroxylation is 1. The second-order valence-electron chi connectivity index (χ2n) is 8.42. The zero-order valence-electron chi connectivity index (χ0n) is 18.3. The van der Waals surface area contributed by atoms with E-state index in [1.807, 2.05) is 32.9 Å². The van der Waals surface area contributed by atoms with Gasteiger partial charge in [-0.15, -0.1) is 0 Å². The number of benzene rings is 1. The molecule has 33 heavy (non-hydrogen) atoms. The topological polar surface area (TPSA) is 135 Å². The van der Waals surface area contributed by atoms with E-state index >= 15 is 0 Å². The standard InChI is InChI=1S/C23H23ClN4O5/c1-10(2)18(15-7-4-11(3)33-15)27-20-19(21(30)22(20)31)26-14-6-5-13(24)12-8-28(9-16(25)29)23(32)17(12)14/h4-7,10,18,26-27H,8-9H2,1-3H3,(H2,25,29). The van der Waals surface area contributed by atoms with Crippen molar-refractivity contribution < 1.29 is 14.0 Å². The summed E-state index contributed by atoms with van der Waals surface area (Å²) >= 11 is 6.27. The Balaban J connectivity index is 1.67. The lowest BCUT2D eigenvalue weighted by molar-refractivity contribution is -0.118. The number of anilines is 3. The number of hydrogen-bond acceptors (Lipinski definition) is 7. The molecule has 0 spiro atoms. The highest BCUT2D eigenvalue weighted by Gasteiger charge is 2.34. The molecule has 1 aliphatic heterocycles. The highest BCUT2D eigenvalue weighted by Crippen LogP contribution is 2.37. The van der Waals surface area contributed by atoms with E-state index in [1.54, 1.807) is 12.1 Å². The van der Waals surface area contributed by atoms with Gasteiger partial charge >= 0.3 is 0 Å². The Labute approximate surface area is 194 Å². The number of primary amides is 1. The molecule has 0 saturated carbocycles. The second kappa shape index (κ2) is 8.40. The molecular weight excluding hydrogens is 448 g/mol. The van der Waals surface area contributed by atoms with Crippen molar-refractivity contribution in [3.8, 4) is 0 Å². The van der Waals surface area contributed by atoms with E-state index in [0.29, 0.717) is 22.0 Å². The summed E-state index contributed by atoms with van der Waals surface area (Å²) in [5, 5.41) is 6.42. The summed E-state index contributed by atoms with van der Waals surface area (Å²) in [6.45, 7) is 5.62. The van der Waals surface area contributed by atoms with Gasteiger partial charge in [-0.05, 0) is 37.1 Å². The van der Waals surface area contributed by atoms with Crippen LogP contribution in [0.2, 0.25) is 5.02 Å². The zero-order valence-corrected chi connectivity index (χ0v) is 19.1. The van der Waals surface area contributed by atoms with Crippen LogP contribution in [0.4, 0.5) is 17.1 Å². The number of furan rings is 1. The molecule has 2 heterocycles. The Morgan fingerprint density at radius 1 is 1.15 bits per heavy atom. The van der Waals surface area contributed by atoms with Crippen molar-refractivity contribution in [2.75, 3.05) is 17.2 Å². The van der Waals surface area contributed by atoms with Crippen molar-refractivity contribution >= 4 is 40.5 Å². The van der Waals surface area contributed by atoms with Crippen molar-refractivity contribution in [2.45, 2.75) is 33.4 Å². The molecule has 2 aromatic carbocycles. The van der Waals surface area contributed by atoms with E-state index in [4.69, 9.17) is 21.8 Å². The Hall–Kier alpha value is -3.59. The van der Waals surface area contributed by atoms with Gasteiger partial charge in [-0.3, -0.25) is 19.2 Å². The minimum atomic E-state index is -0.696. The summed E-state index contributed by atoms with van der Waals surface area (Å²) in [7, 11) is 0. The first-order valence-electron chi connectivity index (χ1n) is 10.4. The van der Waals surface area contributed by atoms with E-state index in [0.717, 1.165) is 5.76 Å². The van der Waals surface area contributed by atoms with Gasteiger partial charge in [0.15, 0.2) is 0 Å². The summed E-state index contributed by atoms with van der Waals surface area (Å²) in [5.74, 6) is 0.344. The van der Waals surface area contributed by atoms with Crippen LogP contribution in [-0.4, -0.2) is 23.3 Å². The lowest BCUT2D eigenvalue weighted by Crippen LogP contribution is -2.38. The van der Waals surface area contributed by atoms with E-state index in [9.17, 15) is 19.2 Å². The van der Waals surface area contributed by atoms with Crippen LogP contribution in [0.1, 0.15) is 47.3 Å². The molecule has 1 atom stereocenters. The highest BCUT2D eigenvalue weighted by atomic mass is 35.5. The van der Waals surface area contributed by atoms with Gasteiger partial charge in [-0.1, -0.05) is 25.4 Å². The van der Waals surface area contributed by atoms with E-state index in [1.165, 1.54) is 4.90 Å². The first kappa shape index (κ1) is 22.6. The number of nitrogens with zero attached hydrogens (tertiary/aromatic N) is 1. The quantitative estimate of drug-likeness (QED) is 0.431. The summed E-state index contributed by atoms with van der Waals surface area (Å²) in [5.41, 5.74) is 5.15. The third-order valence-corrected chi connectivity index (χ3v) is 6.01. The van der Waals surface area contributed by atoms with Crippen molar-refractivity contribution in [3.63, 3.8) is 0 Å². The molecule has 4 N–H and O–H groups in total. The van der Waals surface area contributed by atoms with Gasteiger partial charge in [0.2, 0.25) is 5.91 Å². The van der Waals surface area contributed by atoms with E-state index in [-0.39, 0.29) is 42.0 Å². The lowest BCUT2D eigenvalue weighted by atomic mass is 10.00. The third kappa shape index (κ3) is 4.00. The number of fused-ring (bicyclic) bond motifs is 1. The van der Waals surface area contributed by atoms with Crippen molar-refractivity contribution in [1.82, 2.24) is 4.90 Å². The molecule has 0 bridgehead atoms. The number of carbonyl (C=O) groups is 2. The maximum atomic E-state index is 12.9. The minimum absolute atomic E-state index is 0.0523. The second-order valence-corrected chi connectivity index (χ2v) is 8.83. The Morgan fingerprint density at radius 3 is 2.45 bits per heavy atom. The first-order valence-corrected chi connectivity index (χ1v) is 10.8. The zero-order chi connectivity index (χ0) is 24.0. The number of carbonyl (C=O) groups excluding carboxylic acids is 2. The van der Waals surface area contributed by atoms with Crippen LogP contribution in [0.5, 0.6) is 0 Å². The van der Waals surface area contributed by atoms with E-state index in [2.05, 4.69) is 10.6 Å². The third-order valence-electron chi connectivity index (χ3n) is 5.66. The number of nitrogens with two attached hydrogens (primary N) is 1. The largest absolute Gasteiger partial charge is 0.464 e. The predicted molar refractivity (Wildman–Crippen MR) is 125 cm³/mol. The van der Waals surface area contributed by atoms with Crippen LogP contribution in [0.25, 0.3) is 0 Å². The molecule has 10 heteroatoms. The van der Waals surface area contributed by atoms with Crippen LogP contribution >= 0.6 is 11.6 Å². The molecule has 2 amide bonds. The fourth-order valence-corrected chi connectivity index (χ4v) is 4.20. The van der Waals surface area contributed by atoms with Gasteiger partial charge < -0.3 is 25.7 Å². The van der Waals surface area contributed by atoms with Gasteiger partial charge in [0.05, 0.1) is 23.8 Å².